The van der Waals surface area contributed by atoms with E-state index in [4.69, 9.17) is 14.3 Å². The van der Waals surface area contributed by atoms with Gasteiger partial charge in [-0.1, -0.05) is 30.3 Å². The van der Waals surface area contributed by atoms with E-state index in [0.29, 0.717) is 11.3 Å². The SMILES string of the molecule is O=C(O)CNC(=O)CNC(=O)COc1cc(O)c2c(=O)cc(-c3ccccc3)oc2c1. The van der Waals surface area contributed by atoms with Crippen LogP contribution >= 0.6 is 0 Å². The van der Waals surface area contributed by atoms with Crippen LogP contribution < -0.4 is 20.8 Å². The molecular formula is C21H18N2O8. The molecule has 0 bridgehead atoms. The number of carbonyl (C=O) groups is 3. The first-order valence-corrected chi connectivity index (χ1v) is 9.08. The number of phenolic OH excluding ortho intramolecular Hbond substituents is 1. The predicted molar refractivity (Wildman–Crippen MR) is 109 cm³/mol. The first-order chi connectivity index (χ1) is 14.8. The van der Waals surface area contributed by atoms with Crippen molar-refractivity contribution < 1.29 is 33.8 Å². The van der Waals surface area contributed by atoms with Gasteiger partial charge in [0, 0.05) is 23.8 Å². The molecule has 2 aromatic carbocycles. The van der Waals surface area contributed by atoms with Gasteiger partial charge >= 0.3 is 5.97 Å². The molecule has 0 aliphatic carbocycles. The normalized spacial score (nSPS) is 10.5. The molecule has 4 N–H and O–H groups in total. The van der Waals surface area contributed by atoms with E-state index in [-0.39, 0.29) is 22.5 Å². The Morgan fingerprint density at radius 2 is 1.68 bits per heavy atom. The molecule has 0 fully saturated rings. The smallest absolute Gasteiger partial charge is 0.322 e. The van der Waals surface area contributed by atoms with E-state index in [1.54, 1.807) is 24.3 Å². The summed E-state index contributed by atoms with van der Waals surface area (Å²) in [7, 11) is 0. The summed E-state index contributed by atoms with van der Waals surface area (Å²) in [5.74, 6) is -2.52. The molecule has 10 nitrogen and oxygen atoms in total. The molecule has 3 aromatic rings. The topological polar surface area (TPSA) is 155 Å². The van der Waals surface area contributed by atoms with E-state index >= 15 is 0 Å². The second kappa shape index (κ2) is 9.44. The van der Waals surface area contributed by atoms with E-state index in [1.807, 2.05) is 6.07 Å². The number of hydrogen-bond acceptors (Lipinski definition) is 7. The highest BCUT2D eigenvalue weighted by Crippen LogP contribution is 2.31. The van der Waals surface area contributed by atoms with E-state index in [0.717, 1.165) is 0 Å². The van der Waals surface area contributed by atoms with Gasteiger partial charge in [-0.25, -0.2) is 0 Å². The van der Waals surface area contributed by atoms with E-state index in [2.05, 4.69) is 10.6 Å². The minimum atomic E-state index is -1.21. The van der Waals surface area contributed by atoms with Crippen molar-refractivity contribution in [1.29, 1.82) is 0 Å². The molecule has 1 heterocycles. The summed E-state index contributed by atoms with van der Waals surface area (Å²) in [4.78, 5) is 46.0. The molecule has 0 saturated heterocycles. The lowest BCUT2D eigenvalue weighted by atomic mass is 10.1. The van der Waals surface area contributed by atoms with Crippen molar-refractivity contribution in [2.24, 2.45) is 0 Å². The van der Waals surface area contributed by atoms with Crippen molar-refractivity contribution in [3.05, 3.63) is 58.8 Å². The highest BCUT2D eigenvalue weighted by molar-refractivity contribution is 5.88. The van der Waals surface area contributed by atoms with Gasteiger partial charge in [-0.3, -0.25) is 19.2 Å². The van der Waals surface area contributed by atoms with Crippen molar-refractivity contribution in [3.63, 3.8) is 0 Å². The molecule has 10 heteroatoms. The third-order valence-electron chi connectivity index (χ3n) is 4.09. The summed E-state index contributed by atoms with van der Waals surface area (Å²) < 4.78 is 11.1. The molecule has 0 aliphatic heterocycles. The van der Waals surface area contributed by atoms with Crippen LogP contribution in [0.15, 0.2) is 57.7 Å². The molecule has 2 amide bonds. The minimum Gasteiger partial charge on any atom is -0.507 e. The first kappa shape index (κ1) is 21.4. The zero-order chi connectivity index (χ0) is 22.4. The Morgan fingerprint density at radius 3 is 2.39 bits per heavy atom. The Balaban J connectivity index is 1.70. The highest BCUT2D eigenvalue weighted by atomic mass is 16.5. The summed E-state index contributed by atoms with van der Waals surface area (Å²) in [6.07, 6.45) is 0. The number of carboxylic acids is 1. The van der Waals surface area contributed by atoms with Crippen molar-refractivity contribution in [3.8, 4) is 22.8 Å². The maximum Gasteiger partial charge on any atom is 0.322 e. The average molecular weight is 426 g/mol. The fraction of sp³-hybridized carbons (Fsp3) is 0.143. The second-order valence-electron chi connectivity index (χ2n) is 6.39. The van der Waals surface area contributed by atoms with E-state index < -0.39 is 42.9 Å². The van der Waals surface area contributed by atoms with Gasteiger partial charge in [-0.05, 0) is 0 Å². The molecule has 160 valence electrons. The van der Waals surface area contributed by atoms with Crippen LogP contribution in [0, 0.1) is 0 Å². The molecular weight excluding hydrogens is 408 g/mol. The monoisotopic (exact) mass is 426 g/mol. The second-order valence-corrected chi connectivity index (χ2v) is 6.39. The van der Waals surface area contributed by atoms with Crippen LogP contribution in [0.4, 0.5) is 0 Å². The van der Waals surface area contributed by atoms with E-state index in [9.17, 15) is 24.3 Å². The lowest BCUT2D eigenvalue weighted by Gasteiger charge is -2.10. The maximum absolute atomic E-state index is 12.4. The Bertz CT molecular complexity index is 1190. The third kappa shape index (κ3) is 5.60. The number of carbonyl (C=O) groups excluding carboxylic acids is 2. The lowest BCUT2D eigenvalue weighted by molar-refractivity contribution is -0.137. The molecule has 0 saturated carbocycles. The van der Waals surface area contributed by atoms with Crippen LogP contribution in [0.3, 0.4) is 0 Å². The molecule has 0 atom stereocenters. The Kier molecular flexibility index (Phi) is 6.51. The van der Waals surface area contributed by atoms with Crippen LogP contribution in [0.25, 0.3) is 22.3 Å². The van der Waals surface area contributed by atoms with Crippen LogP contribution in [-0.4, -0.2) is 47.7 Å². The average Bonchev–Trinajstić information content (AvgIpc) is 2.74. The fourth-order valence-electron chi connectivity index (χ4n) is 2.69. The van der Waals surface area contributed by atoms with Crippen molar-refractivity contribution in [2.75, 3.05) is 19.7 Å². The van der Waals surface area contributed by atoms with Gasteiger partial charge in [0.2, 0.25) is 5.91 Å². The number of ether oxygens (including phenoxy) is 1. The summed E-state index contributed by atoms with van der Waals surface area (Å²) in [6, 6.07) is 12.8. The minimum absolute atomic E-state index is 0.0217. The zero-order valence-electron chi connectivity index (χ0n) is 16.1. The summed E-state index contributed by atoms with van der Waals surface area (Å²) in [5, 5.41) is 23.0. The number of phenols is 1. The van der Waals surface area contributed by atoms with Gasteiger partial charge < -0.3 is 30.0 Å². The van der Waals surface area contributed by atoms with Crippen LogP contribution in [0.2, 0.25) is 0 Å². The number of rotatable bonds is 8. The number of fused-ring (bicyclic) bond motifs is 1. The molecule has 3 rings (SSSR count). The van der Waals surface area contributed by atoms with Gasteiger partial charge in [0.05, 0.1) is 6.54 Å². The summed E-state index contributed by atoms with van der Waals surface area (Å²) >= 11 is 0. The van der Waals surface area contributed by atoms with Crippen molar-refractivity contribution in [1.82, 2.24) is 10.6 Å². The first-order valence-electron chi connectivity index (χ1n) is 9.08. The fourth-order valence-corrected chi connectivity index (χ4v) is 2.69. The largest absolute Gasteiger partial charge is 0.507 e. The van der Waals surface area contributed by atoms with Gasteiger partial charge in [0.15, 0.2) is 12.0 Å². The third-order valence-corrected chi connectivity index (χ3v) is 4.09. The molecule has 0 aliphatic rings. The van der Waals surface area contributed by atoms with Crippen LogP contribution in [0.5, 0.6) is 11.5 Å². The van der Waals surface area contributed by atoms with Crippen molar-refractivity contribution >= 4 is 28.8 Å². The van der Waals surface area contributed by atoms with Gasteiger partial charge in [0.25, 0.3) is 5.91 Å². The van der Waals surface area contributed by atoms with Gasteiger partial charge in [-0.2, -0.15) is 0 Å². The highest BCUT2D eigenvalue weighted by Gasteiger charge is 2.14. The number of aliphatic carboxylic acids is 1. The Morgan fingerprint density at radius 1 is 0.968 bits per heavy atom. The Hall–Kier alpha value is -4.34. The molecule has 1 aromatic heterocycles. The predicted octanol–water partition coefficient (Wildman–Crippen LogP) is 0.861. The van der Waals surface area contributed by atoms with Crippen LogP contribution in [-0.2, 0) is 14.4 Å². The van der Waals surface area contributed by atoms with E-state index in [1.165, 1.54) is 18.2 Å². The number of hydrogen-bond donors (Lipinski definition) is 4. The van der Waals surface area contributed by atoms with Gasteiger partial charge in [0.1, 0.15) is 34.8 Å². The molecule has 0 spiro atoms. The number of amides is 2. The molecule has 0 radical (unpaired) electrons. The van der Waals surface area contributed by atoms with Gasteiger partial charge in [-0.15, -0.1) is 0 Å². The number of carboxylic acid groups (broad SMARTS) is 1. The summed E-state index contributed by atoms with van der Waals surface area (Å²) in [6.45, 7) is -1.47. The number of nitrogens with one attached hydrogen (secondary N) is 2. The molecule has 31 heavy (non-hydrogen) atoms. The zero-order valence-corrected chi connectivity index (χ0v) is 16.1. The lowest BCUT2D eigenvalue weighted by Crippen LogP contribution is -2.40. The number of benzene rings is 2. The van der Waals surface area contributed by atoms with Crippen molar-refractivity contribution in [2.45, 2.75) is 0 Å². The Labute approximate surface area is 175 Å². The number of aromatic hydroxyl groups is 1. The standard InChI is InChI=1S/C21H18N2O8/c24-14-6-13(30-11-19(27)22-9-18(26)23-10-20(28)29)7-17-21(14)15(25)8-16(31-17)12-4-2-1-3-5-12/h1-8,24H,9-11H2,(H,22,27)(H,23,26)(H,28,29). The maximum atomic E-state index is 12.4. The quantitative estimate of drug-likeness (QED) is 0.413. The van der Waals surface area contributed by atoms with Crippen LogP contribution in [0.1, 0.15) is 0 Å². The summed E-state index contributed by atoms with van der Waals surface area (Å²) in [5.41, 5.74) is 0.317. The molecule has 0 unspecified atom stereocenters.